The third kappa shape index (κ3) is 3.94. The average Bonchev–Trinajstić information content (AvgIpc) is 2.71. The Labute approximate surface area is 113 Å². The van der Waals surface area contributed by atoms with E-state index in [4.69, 9.17) is 14.2 Å². The van der Waals surface area contributed by atoms with Gasteiger partial charge in [-0.25, -0.2) is 4.79 Å². The van der Waals surface area contributed by atoms with Gasteiger partial charge in [0.25, 0.3) is 0 Å². The van der Waals surface area contributed by atoms with E-state index in [1.54, 1.807) is 12.0 Å². The highest BCUT2D eigenvalue weighted by Crippen LogP contribution is 2.12. The van der Waals surface area contributed by atoms with Gasteiger partial charge in [-0.05, 0) is 5.56 Å². The summed E-state index contributed by atoms with van der Waals surface area (Å²) in [6.07, 6.45) is 0.0312. The molecule has 1 aliphatic heterocycles. The SMILES string of the molecule is COC1CCOCCN1C(=O)OCc1ccccc1. The third-order valence-electron chi connectivity index (χ3n) is 3.05. The first-order valence-electron chi connectivity index (χ1n) is 6.39. The lowest BCUT2D eigenvalue weighted by molar-refractivity contribution is -0.0283. The Morgan fingerprint density at radius 1 is 1.37 bits per heavy atom. The Morgan fingerprint density at radius 2 is 2.16 bits per heavy atom. The van der Waals surface area contributed by atoms with Gasteiger partial charge in [0.15, 0.2) is 0 Å². The van der Waals surface area contributed by atoms with Crippen molar-refractivity contribution in [3.63, 3.8) is 0 Å². The van der Waals surface area contributed by atoms with Crippen LogP contribution in [0.5, 0.6) is 0 Å². The van der Waals surface area contributed by atoms with Crippen LogP contribution in [0.4, 0.5) is 4.79 Å². The number of hydrogen-bond donors (Lipinski definition) is 0. The summed E-state index contributed by atoms with van der Waals surface area (Å²) in [6, 6.07) is 9.61. The molecule has 1 aliphatic rings. The fourth-order valence-electron chi connectivity index (χ4n) is 2.01. The van der Waals surface area contributed by atoms with E-state index in [1.807, 2.05) is 30.3 Å². The van der Waals surface area contributed by atoms with Gasteiger partial charge in [0.1, 0.15) is 12.8 Å². The van der Waals surface area contributed by atoms with E-state index in [0.29, 0.717) is 26.2 Å². The summed E-state index contributed by atoms with van der Waals surface area (Å²) in [7, 11) is 1.59. The Bertz CT molecular complexity index is 396. The van der Waals surface area contributed by atoms with Crippen LogP contribution in [0.1, 0.15) is 12.0 Å². The summed E-state index contributed by atoms with van der Waals surface area (Å²) in [4.78, 5) is 13.6. The standard InChI is InChI=1S/C14H19NO4/c1-17-13-7-9-18-10-8-15(13)14(16)19-11-12-5-3-2-4-6-12/h2-6,13H,7-11H2,1H3. The fraction of sp³-hybridized carbons (Fsp3) is 0.500. The van der Waals surface area contributed by atoms with Crippen molar-refractivity contribution in [2.45, 2.75) is 19.3 Å². The summed E-state index contributed by atoms with van der Waals surface area (Å²) in [6.45, 7) is 1.88. The predicted molar refractivity (Wildman–Crippen MR) is 69.6 cm³/mol. The highest BCUT2D eigenvalue weighted by Gasteiger charge is 2.26. The number of carbonyl (C=O) groups is 1. The van der Waals surface area contributed by atoms with Crippen molar-refractivity contribution < 1.29 is 19.0 Å². The van der Waals surface area contributed by atoms with Crippen LogP contribution in [0.25, 0.3) is 0 Å². The monoisotopic (exact) mass is 265 g/mol. The molecule has 0 saturated carbocycles. The van der Waals surface area contributed by atoms with Crippen molar-refractivity contribution in [1.29, 1.82) is 0 Å². The van der Waals surface area contributed by atoms with Gasteiger partial charge in [-0.2, -0.15) is 0 Å². The average molecular weight is 265 g/mol. The van der Waals surface area contributed by atoms with Crippen LogP contribution in [0.2, 0.25) is 0 Å². The highest BCUT2D eigenvalue weighted by molar-refractivity contribution is 5.67. The van der Waals surface area contributed by atoms with E-state index in [2.05, 4.69) is 0 Å². The molecule has 1 fully saturated rings. The Balaban J connectivity index is 1.90. The molecule has 5 nitrogen and oxygen atoms in total. The molecule has 0 N–H and O–H groups in total. The summed E-state index contributed by atoms with van der Waals surface area (Å²) < 4.78 is 15.9. The molecular formula is C14H19NO4. The molecule has 19 heavy (non-hydrogen) atoms. The molecule has 1 atom stereocenters. The molecule has 1 amide bonds. The molecule has 1 heterocycles. The molecule has 2 rings (SSSR count). The van der Waals surface area contributed by atoms with Crippen molar-refractivity contribution in [2.24, 2.45) is 0 Å². The van der Waals surface area contributed by atoms with Crippen molar-refractivity contribution >= 4 is 6.09 Å². The molecule has 1 aromatic carbocycles. The minimum atomic E-state index is -0.360. The Kier molecular flexibility index (Phi) is 5.18. The lowest BCUT2D eigenvalue weighted by Crippen LogP contribution is -2.42. The number of carbonyl (C=O) groups excluding carboxylic acids is 1. The zero-order valence-corrected chi connectivity index (χ0v) is 11.1. The Morgan fingerprint density at radius 3 is 2.89 bits per heavy atom. The van der Waals surface area contributed by atoms with Crippen LogP contribution in [-0.4, -0.2) is 44.1 Å². The Hall–Kier alpha value is -1.59. The maximum atomic E-state index is 12.1. The highest BCUT2D eigenvalue weighted by atomic mass is 16.6. The van der Waals surface area contributed by atoms with Gasteiger partial charge in [-0.3, -0.25) is 4.90 Å². The number of methoxy groups -OCH3 is 1. The normalized spacial score (nSPS) is 19.8. The molecule has 1 unspecified atom stereocenters. The van der Waals surface area contributed by atoms with Gasteiger partial charge < -0.3 is 14.2 Å². The first kappa shape index (κ1) is 13.8. The fourth-order valence-corrected chi connectivity index (χ4v) is 2.01. The van der Waals surface area contributed by atoms with Crippen LogP contribution in [0.15, 0.2) is 30.3 Å². The zero-order chi connectivity index (χ0) is 13.5. The molecule has 104 valence electrons. The van der Waals surface area contributed by atoms with E-state index in [1.165, 1.54) is 0 Å². The second-order valence-electron chi connectivity index (χ2n) is 4.32. The number of hydrogen-bond acceptors (Lipinski definition) is 4. The molecule has 0 radical (unpaired) electrons. The van der Waals surface area contributed by atoms with Gasteiger partial charge in [0, 0.05) is 20.1 Å². The first-order chi connectivity index (χ1) is 9.31. The molecule has 1 saturated heterocycles. The van der Waals surface area contributed by atoms with Crippen molar-refractivity contribution in [3.05, 3.63) is 35.9 Å². The quantitative estimate of drug-likeness (QED) is 0.839. The van der Waals surface area contributed by atoms with Crippen molar-refractivity contribution in [1.82, 2.24) is 4.90 Å². The van der Waals surface area contributed by atoms with E-state index in [0.717, 1.165) is 5.56 Å². The van der Waals surface area contributed by atoms with Crippen molar-refractivity contribution in [2.75, 3.05) is 26.9 Å². The van der Waals surface area contributed by atoms with Crippen LogP contribution in [-0.2, 0) is 20.8 Å². The molecule has 5 heteroatoms. The summed E-state index contributed by atoms with van der Waals surface area (Å²) in [5.74, 6) is 0. The molecule has 0 aliphatic carbocycles. The van der Waals surface area contributed by atoms with Crippen molar-refractivity contribution in [3.8, 4) is 0 Å². The molecular weight excluding hydrogens is 246 g/mol. The summed E-state index contributed by atoms with van der Waals surface area (Å²) in [5, 5.41) is 0. The van der Waals surface area contributed by atoms with Gasteiger partial charge in [-0.1, -0.05) is 30.3 Å². The number of amides is 1. The minimum absolute atomic E-state index is 0.271. The zero-order valence-electron chi connectivity index (χ0n) is 11.1. The molecule has 0 bridgehead atoms. The molecule has 1 aromatic rings. The number of rotatable bonds is 3. The maximum Gasteiger partial charge on any atom is 0.412 e. The smallest absolute Gasteiger partial charge is 0.412 e. The maximum absolute atomic E-state index is 12.1. The van der Waals surface area contributed by atoms with E-state index in [-0.39, 0.29) is 18.9 Å². The number of ether oxygens (including phenoxy) is 3. The number of nitrogens with zero attached hydrogens (tertiary/aromatic N) is 1. The van der Waals surface area contributed by atoms with E-state index < -0.39 is 0 Å². The largest absolute Gasteiger partial charge is 0.444 e. The summed E-state index contributed by atoms with van der Waals surface area (Å²) in [5.41, 5.74) is 0.968. The molecule has 0 spiro atoms. The lowest BCUT2D eigenvalue weighted by Gasteiger charge is -2.27. The second-order valence-corrected chi connectivity index (χ2v) is 4.32. The lowest BCUT2D eigenvalue weighted by atomic mass is 10.2. The topological polar surface area (TPSA) is 48.0 Å². The second kappa shape index (κ2) is 7.11. The molecule has 0 aromatic heterocycles. The van der Waals surface area contributed by atoms with Crippen LogP contribution in [0, 0.1) is 0 Å². The van der Waals surface area contributed by atoms with Gasteiger partial charge in [-0.15, -0.1) is 0 Å². The van der Waals surface area contributed by atoms with Gasteiger partial charge >= 0.3 is 6.09 Å². The van der Waals surface area contributed by atoms with Crippen LogP contribution < -0.4 is 0 Å². The van der Waals surface area contributed by atoms with Crippen LogP contribution >= 0.6 is 0 Å². The van der Waals surface area contributed by atoms with Gasteiger partial charge in [0.05, 0.1) is 13.2 Å². The number of benzene rings is 1. The minimum Gasteiger partial charge on any atom is -0.444 e. The predicted octanol–water partition coefficient (Wildman–Crippen LogP) is 2.02. The van der Waals surface area contributed by atoms with Gasteiger partial charge in [0.2, 0.25) is 0 Å². The van der Waals surface area contributed by atoms with E-state index in [9.17, 15) is 4.79 Å². The first-order valence-corrected chi connectivity index (χ1v) is 6.39. The summed E-state index contributed by atoms with van der Waals surface area (Å²) >= 11 is 0. The van der Waals surface area contributed by atoms with Crippen LogP contribution in [0.3, 0.4) is 0 Å². The van der Waals surface area contributed by atoms with E-state index >= 15 is 0 Å². The third-order valence-corrected chi connectivity index (χ3v) is 3.05.